The fraction of sp³-hybridized carbons (Fsp3) is 0.0500. The number of nitrogens with one attached hydrogen (secondary N) is 1. The topological polar surface area (TPSA) is 59.8 Å². The zero-order chi connectivity index (χ0) is 19.7. The maximum atomic E-state index is 12.8. The van der Waals surface area contributed by atoms with Crippen LogP contribution in [0.4, 0.5) is 5.69 Å². The van der Waals surface area contributed by atoms with Crippen LogP contribution in [0.2, 0.25) is 10.0 Å². The summed E-state index contributed by atoms with van der Waals surface area (Å²) in [5.74, 6) is -0.386. The number of benzene rings is 2. The Bertz CT molecular complexity index is 1160. The summed E-state index contributed by atoms with van der Waals surface area (Å²) in [6, 6.07) is 10.6. The molecule has 2 aromatic heterocycles. The average molecular weight is 466 g/mol. The molecule has 1 amide bonds. The van der Waals surface area contributed by atoms with Gasteiger partial charge in [0, 0.05) is 24.0 Å². The summed E-state index contributed by atoms with van der Waals surface area (Å²) in [7, 11) is 0. The van der Waals surface area contributed by atoms with Gasteiger partial charge in [-0.25, -0.2) is 4.98 Å². The molecule has 0 radical (unpaired) electrons. The minimum absolute atomic E-state index is 0. The first-order chi connectivity index (χ1) is 13.6. The molecule has 148 valence electrons. The van der Waals surface area contributed by atoms with Crippen molar-refractivity contribution in [1.82, 2.24) is 14.5 Å². The number of nitrogens with zero attached hydrogens (tertiary/aromatic N) is 3. The predicted octanol–water partition coefficient (Wildman–Crippen LogP) is 6.12. The van der Waals surface area contributed by atoms with Crippen LogP contribution in [0.1, 0.15) is 10.4 Å². The Hall–Kier alpha value is -2.25. The van der Waals surface area contributed by atoms with E-state index in [1.54, 1.807) is 54.7 Å². The van der Waals surface area contributed by atoms with Crippen LogP contribution in [0.5, 0.6) is 0 Å². The average Bonchev–Trinajstić information content (AvgIpc) is 3.21. The zero-order valence-electron chi connectivity index (χ0n) is 15.1. The van der Waals surface area contributed by atoms with Crippen LogP contribution in [-0.4, -0.2) is 26.7 Å². The number of amides is 1. The quantitative estimate of drug-likeness (QED) is 0.369. The van der Waals surface area contributed by atoms with Gasteiger partial charge in [0.2, 0.25) is 0 Å². The molecule has 0 atom stereocenters. The van der Waals surface area contributed by atoms with Gasteiger partial charge in [0.1, 0.15) is 0 Å². The largest absolute Gasteiger partial charge is 0.320 e. The molecule has 2 aromatic carbocycles. The maximum absolute atomic E-state index is 12.8. The molecule has 0 saturated carbocycles. The van der Waals surface area contributed by atoms with E-state index < -0.39 is 0 Å². The highest BCUT2D eigenvalue weighted by molar-refractivity contribution is 7.98. The predicted molar refractivity (Wildman–Crippen MR) is 122 cm³/mol. The summed E-state index contributed by atoms with van der Waals surface area (Å²) < 4.78 is 1.94. The molecule has 0 aliphatic carbocycles. The Labute approximate surface area is 187 Å². The van der Waals surface area contributed by atoms with Crippen molar-refractivity contribution in [1.29, 1.82) is 0 Å². The van der Waals surface area contributed by atoms with E-state index in [4.69, 9.17) is 23.2 Å². The number of thioether (sulfide) groups is 1. The Morgan fingerprint density at radius 2 is 1.86 bits per heavy atom. The molecule has 2 heterocycles. The van der Waals surface area contributed by atoms with Crippen LogP contribution in [0.25, 0.3) is 16.6 Å². The molecule has 4 rings (SSSR count). The SMILES string of the molecule is CSc1cnc2c(NC(=O)c3c(Cl)cccc3Cl)cccc2c1-n1ccnc1.Cl. The highest BCUT2D eigenvalue weighted by Crippen LogP contribution is 2.34. The molecular weight excluding hydrogens is 451 g/mol. The number of rotatable bonds is 4. The van der Waals surface area contributed by atoms with Crippen molar-refractivity contribution in [3.63, 3.8) is 0 Å². The van der Waals surface area contributed by atoms with Crippen LogP contribution in [0.15, 0.2) is 66.2 Å². The van der Waals surface area contributed by atoms with E-state index in [-0.39, 0.29) is 23.9 Å². The third-order valence-corrected chi connectivity index (χ3v) is 5.62. The van der Waals surface area contributed by atoms with Gasteiger partial charge in [-0.15, -0.1) is 24.2 Å². The van der Waals surface area contributed by atoms with Gasteiger partial charge in [-0.1, -0.05) is 41.4 Å². The highest BCUT2D eigenvalue weighted by Gasteiger charge is 2.18. The fourth-order valence-corrected chi connectivity index (χ4v) is 4.13. The summed E-state index contributed by atoms with van der Waals surface area (Å²) in [5.41, 5.74) is 2.44. The Balaban J connectivity index is 0.00000240. The second-order valence-corrected chi connectivity index (χ2v) is 7.56. The molecule has 4 aromatic rings. The van der Waals surface area contributed by atoms with Crippen molar-refractivity contribution >= 4 is 69.9 Å². The lowest BCUT2D eigenvalue weighted by Crippen LogP contribution is -2.14. The van der Waals surface area contributed by atoms with E-state index in [2.05, 4.69) is 15.3 Å². The summed E-state index contributed by atoms with van der Waals surface area (Å²) >= 11 is 13.9. The number of imidazole rings is 1. The number of pyridine rings is 1. The van der Waals surface area contributed by atoms with Crippen molar-refractivity contribution in [3.05, 3.63) is 76.9 Å². The Morgan fingerprint density at radius 3 is 2.52 bits per heavy atom. The molecule has 0 unspecified atom stereocenters. The third-order valence-electron chi connectivity index (χ3n) is 4.26. The number of hydrogen-bond donors (Lipinski definition) is 1. The number of aromatic nitrogens is 3. The van der Waals surface area contributed by atoms with Gasteiger partial charge < -0.3 is 9.88 Å². The van der Waals surface area contributed by atoms with Crippen LogP contribution >= 0.6 is 47.4 Å². The van der Waals surface area contributed by atoms with Crippen molar-refractivity contribution in [2.24, 2.45) is 0 Å². The number of carbonyl (C=O) groups is 1. The van der Waals surface area contributed by atoms with E-state index >= 15 is 0 Å². The Kier molecular flexibility index (Phi) is 6.70. The van der Waals surface area contributed by atoms with Crippen LogP contribution in [-0.2, 0) is 0 Å². The van der Waals surface area contributed by atoms with E-state index in [0.717, 1.165) is 16.0 Å². The summed E-state index contributed by atoms with van der Waals surface area (Å²) in [6.45, 7) is 0. The molecule has 5 nitrogen and oxygen atoms in total. The Morgan fingerprint density at radius 1 is 1.14 bits per heavy atom. The molecule has 0 spiro atoms. The normalized spacial score (nSPS) is 10.6. The van der Waals surface area contributed by atoms with E-state index in [1.165, 1.54) is 0 Å². The number of hydrogen-bond acceptors (Lipinski definition) is 4. The number of carbonyl (C=O) groups excluding carboxylic acids is 1. The van der Waals surface area contributed by atoms with Gasteiger partial charge in [-0.05, 0) is 24.5 Å². The molecule has 0 bridgehead atoms. The van der Waals surface area contributed by atoms with Gasteiger partial charge in [-0.3, -0.25) is 9.78 Å². The molecule has 0 fully saturated rings. The van der Waals surface area contributed by atoms with Crippen LogP contribution < -0.4 is 5.32 Å². The number of fused-ring (bicyclic) bond motifs is 1. The number of anilines is 1. The zero-order valence-corrected chi connectivity index (χ0v) is 18.2. The van der Waals surface area contributed by atoms with Crippen LogP contribution in [0, 0.1) is 0 Å². The van der Waals surface area contributed by atoms with Gasteiger partial charge in [-0.2, -0.15) is 0 Å². The lowest BCUT2D eigenvalue weighted by molar-refractivity contribution is 0.102. The summed E-state index contributed by atoms with van der Waals surface area (Å²) in [6.07, 6.45) is 9.13. The minimum atomic E-state index is -0.386. The third kappa shape index (κ3) is 4.07. The summed E-state index contributed by atoms with van der Waals surface area (Å²) in [4.78, 5) is 22.5. The smallest absolute Gasteiger partial charge is 0.258 e. The minimum Gasteiger partial charge on any atom is -0.320 e. The van der Waals surface area contributed by atoms with Crippen molar-refractivity contribution < 1.29 is 4.79 Å². The molecule has 0 aliphatic rings. The van der Waals surface area contributed by atoms with Crippen molar-refractivity contribution in [2.75, 3.05) is 11.6 Å². The van der Waals surface area contributed by atoms with E-state index in [9.17, 15) is 4.79 Å². The van der Waals surface area contributed by atoms with Gasteiger partial charge in [0.05, 0.1) is 43.7 Å². The molecule has 1 N–H and O–H groups in total. The van der Waals surface area contributed by atoms with E-state index in [0.29, 0.717) is 21.2 Å². The standard InChI is InChI=1S/C20H14Cl2N4OS.ClH/c1-28-16-10-24-18-12(19(16)26-9-8-23-11-26)4-2-7-15(18)25-20(27)17-13(21)5-3-6-14(17)22;/h2-11H,1H3,(H,25,27);1H. The van der Waals surface area contributed by atoms with Gasteiger partial charge in [0.15, 0.2) is 0 Å². The van der Waals surface area contributed by atoms with Crippen molar-refractivity contribution in [3.8, 4) is 5.69 Å². The summed E-state index contributed by atoms with van der Waals surface area (Å²) in [5, 5.41) is 4.37. The second-order valence-electron chi connectivity index (χ2n) is 5.90. The number of para-hydroxylation sites is 1. The van der Waals surface area contributed by atoms with Gasteiger partial charge in [0.25, 0.3) is 5.91 Å². The molecule has 0 aliphatic heterocycles. The van der Waals surface area contributed by atoms with Crippen molar-refractivity contribution in [2.45, 2.75) is 4.90 Å². The molecular formula is C20H15Cl3N4OS. The monoisotopic (exact) mass is 464 g/mol. The maximum Gasteiger partial charge on any atom is 0.258 e. The van der Waals surface area contributed by atoms with E-state index in [1.807, 2.05) is 29.2 Å². The highest BCUT2D eigenvalue weighted by atomic mass is 35.5. The lowest BCUT2D eigenvalue weighted by Gasteiger charge is -2.15. The first-order valence-electron chi connectivity index (χ1n) is 8.29. The van der Waals surface area contributed by atoms with Crippen LogP contribution in [0.3, 0.4) is 0 Å². The molecule has 29 heavy (non-hydrogen) atoms. The first-order valence-corrected chi connectivity index (χ1v) is 10.3. The van der Waals surface area contributed by atoms with Gasteiger partial charge >= 0.3 is 0 Å². The molecule has 0 saturated heterocycles. The number of halogens is 3. The fourth-order valence-electron chi connectivity index (χ4n) is 3.00. The first kappa shape index (κ1) is 21.5. The lowest BCUT2D eigenvalue weighted by atomic mass is 10.1. The second kappa shape index (κ2) is 9.05. The molecule has 9 heteroatoms.